The summed E-state index contributed by atoms with van der Waals surface area (Å²) in [6, 6.07) is 0.133. The first-order valence-electron chi connectivity index (χ1n) is 4.94. The fraction of sp³-hybridized carbons (Fsp3) is 1.00. The molecule has 0 N–H and O–H groups in total. The second-order valence-electron chi connectivity index (χ2n) is 4.35. The van der Waals surface area contributed by atoms with Gasteiger partial charge in [0.05, 0.1) is 0 Å². The third-order valence-electron chi connectivity index (χ3n) is 3.04. The van der Waals surface area contributed by atoms with Crippen molar-refractivity contribution in [2.45, 2.75) is 33.2 Å². The lowest BCUT2D eigenvalue weighted by Gasteiger charge is -2.39. The zero-order valence-corrected chi connectivity index (χ0v) is 11.3. The molecule has 0 amide bonds. The van der Waals surface area contributed by atoms with E-state index in [1.165, 1.54) is 0 Å². The molecule has 0 aliphatic carbocycles. The van der Waals surface area contributed by atoms with Crippen molar-refractivity contribution < 1.29 is 8.42 Å². The fourth-order valence-electron chi connectivity index (χ4n) is 2.09. The topological polar surface area (TPSA) is 37.4 Å². The molecule has 3 unspecified atom stereocenters. The Labute approximate surface area is 95.0 Å². The Balaban J connectivity index is 2.87. The Morgan fingerprint density at radius 3 is 2.43 bits per heavy atom. The Morgan fingerprint density at radius 2 is 1.93 bits per heavy atom. The lowest BCUT2D eigenvalue weighted by Crippen LogP contribution is -2.49. The number of hydrogen-bond donors (Lipinski definition) is 0. The van der Waals surface area contributed by atoms with Gasteiger partial charge in [-0.05, 0) is 25.2 Å². The van der Waals surface area contributed by atoms with Gasteiger partial charge >= 0.3 is 0 Å². The summed E-state index contributed by atoms with van der Waals surface area (Å²) in [5.74, 6) is 0.919. The molecule has 84 valence electrons. The van der Waals surface area contributed by atoms with Crippen molar-refractivity contribution in [1.82, 2.24) is 4.31 Å². The van der Waals surface area contributed by atoms with Crippen LogP contribution in [0.2, 0.25) is 0 Å². The first-order chi connectivity index (χ1) is 6.38. The minimum absolute atomic E-state index is 0.0315. The predicted molar refractivity (Wildman–Crippen MR) is 61.8 cm³/mol. The molecule has 0 aromatic heterocycles. The average molecular weight is 284 g/mol. The zero-order valence-electron chi connectivity index (χ0n) is 8.90. The van der Waals surface area contributed by atoms with Crippen LogP contribution in [-0.2, 0) is 10.0 Å². The summed E-state index contributed by atoms with van der Waals surface area (Å²) in [4.78, 5) is 0. The molecule has 1 aliphatic heterocycles. The second kappa shape index (κ2) is 4.49. The summed E-state index contributed by atoms with van der Waals surface area (Å²) >= 11 is 3.04. The van der Waals surface area contributed by atoms with Crippen LogP contribution in [0, 0.1) is 11.8 Å². The van der Waals surface area contributed by atoms with Crippen LogP contribution in [0.15, 0.2) is 0 Å². The molecule has 0 aromatic rings. The lowest BCUT2D eigenvalue weighted by atomic mass is 9.88. The molecule has 0 aromatic carbocycles. The second-order valence-corrected chi connectivity index (χ2v) is 7.57. The third-order valence-corrected chi connectivity index (χ3v) is 6.25. The van der Waals surface area contributed by atoms with Gasteiger partial charge < -0.3 is 0 Å². The summed E-state index contributed by atoms with van der Waals surface area (Å²) in [5.41, 5.74) is 0. The van der Waals surface area contributed by atoms with Crippen LogP contribution in [0.3, 0.4) is 0 Å². The van der Waals surface area contributed by atoms with E-state index in [1.807, 2.05) is 6.92 Å². The van der Waals surface area contributed by atoms with Crippen molar-refractivity contribution in [3.63, 3.8) is 0 Å². The van der Waals surface area contributed by atoms with Crippen LogP contribution in [0.25, 0.3) is 0 Å². The highest BCUT2D eigenvalue weighted by atomic mass is 79.9. The van der Waals surface area contributed by atoms with Gasteiger partial charge in [0.15, 0.2) is 0 Å². The van der Waals surface area contributed by atoms with Crippen LogP contribution in [-0.4, -0.2) is 30.0 Å². The van der Waals surface area contributed by atoms with Gasteiger partial charge in [-0.2, -0.15) is 4.31 Å². The van der Waals surface area contributed by atoms with E-state index in [0.29, 0.717) is 18.4 Å². The molecule has 14 heavy (non-hydrogen) atoms. The van der Waals surface area contributed by atoms with Gasteiger partial charge in [0.25, 0.3) is 0 Å². The molecule has 3 atom stereocenters. The molecular formula is C9H18BrNO2S. The number of rotatable bonds is 2. The van der Waals surface area contributed by atoms with Crippen LogP contribution in [0.5, 0.6) is 0 Å². The Kier molecular flexibility index (Phi) is 4.00. The van der Waals surface area contributed by atoms with Crippen molar-refractivity contribution in [3.05, 3.63) is 0 Å². The van der Waals surface area contributed by atoms with Crippen LogP contribution >= 0.6 is 15.9 Å². The van der Waals surface area contributed by atoms with E-state index in [1.54, 1.807) is 4.31 Å². The average Bonchev–Trinajstić information content (AvgIpc) is 2.11. The van der Waals surface area contributed by atoms with E-state index >= 15 is 0 Å². The molecule has 1 fully saturated rings. The largest absolute Gasteiger partial charge is 0.224 e. The molecule has 1 aliphatic rings. The Hall–Kier alpha value is 0.390. The summed E-state index contributed by atoms with van der Waals surface area (Å²) in [6.45, 7) is 6.90. The predicted octanol–water partition coefficient (Wildman–Crippen LogP) is 2.04. The van der Waals surface area contributed by atoms with Crippen LogP contribution in [0.4, 0.5) is 0 Å². The van der Waals surface area contributed by atoms with E-state index in [-0.39, 0.29) is 10.7 Å². The molecule has 0 radical (unpaired) electrons. The fourth-order valence-corrected chi connectivity index (χ4v) is 4.20. The monoisotopic (exact) mass is 283 g/mol. The van der Waals surface area contributed by atoms with Gasteiger partial charge in [-0.3, -0.25) is 0 Å². The van der Waals surface area contributed by atoms with E-state index in [2.05, 4.69) is 29.8 Å². The maximum absolute atomic E-state index is 11.7. The number of alkyl halides is 1. The standard InChI is InChI=1S/C9H18BrNO2S/c1-7-4-8(2)9(3)11(5-7)14(12,13)6-10/h7-9H,4-6H2,1-3H3. The van der Waals surface area contributed by atoms with E-state index in [4.69, 9.17) is 0 Å². The van der Waals surface area contributed by atoms with Gasteiger partial charge in [0.2, 0.25) is 10.0 Å². The summed E-state index contributed by atoms with van der Waals surface area (Å²) in [5, 5.41) is 0. The minimum Gasteiger partial charge on any atom is -0.211 e. The summed E-state index contributed by atoms with van der Waals surface area (Å²) in [6.07, 6.45) is 1.12. The maximum atomic E-state index is 11.7. The van der Waals surface area contributed by atoms with Gasteiger partial charge in [-0.1, -0.05) is 29.8 Å². The molecule has 0 spiro atoms. The van der Waals surface area contributed by atoms with Crippen LogP contribution < -0.4 is 0 Å². The van der Waals surface area contributed by atoms with Crippen molar-refractivity contribution in [1.29, 1.82) is 0 Å². The first-order valence-corrected chi connectivity index (χ1v) is 7.67. The smallest absolute Gasteiger partial charge is 0.211 e. The van der Waals surface area contributed by atoms with Gasteiger partial charge in [0, 0.05) is 12.6 Å². The number of sulfonamides is 1. The molecule has 5 heteroatoms. The summed E-state index contributed by atoms with van der Waals surface area (Å²) in [7, 11) is -3.09. The summed E-state index contributed by atoms with van der Waals surface area (Å²) < 4.78 is 25.1. The maximum Gasteiger partial charge on any atom is 0.224 e. The highest BCUT2D eigenvalue weighted by molar-refractivity contribution is 9.10. The molecule has 0 saturated carbocycles. The SMILES string of the molecule is CC1CC(C)C(C)N(S(=O)(=O)CBr)C1. The molecular weight excluding hydrogens is 266 g/mol. The quantitative estimate of drug-likeness (QED) is 0.728. The molecule has 3 nitrogen and oxygen atoms in total. The molecule has 0 bridgehead atoms. The number of hydrogen-bond acceptors (Lipinski definition) is 2. The van der Waals surface area contributed by atoms with Crippen molar-refractivity contribution in [2.75, 3.05) is 11.2 Å². The highest BCUT2D eigenvalue weighted by Crippen LogP contribution is 2.29. The minimum atomic E-state index is -3.09. The third kappa shape index (κ3) is 2.49. The zero-order chi connectivity index (χ0) is 10.9. The highest BCUT2D eigenvalue weighted by Gasteiger charge is 2.35. The molecule has 1 saturated heterocycles. The van der Waals surface area contributed by atoms with Gasteiger partial charge in [-0.25, -0.2) is 8.42 Å². The van der Waals surface area contributed by atoms with Gasteiger partial charge in [-0.15, -0.1) is 0 Å². The van der Waals surface area contributed by atoms with Crippen LogP contribution in [0.1, 0.15) is 27.2 Å². The van der Waals surface area contributed by atoms with Gasteiger partial charge in [0.1, 0.15) is 4.66 Å². The molecule has 1 rings (SSSR count). The van der Waals surface area contributed by atoms with E-state index < -0.39 is 10.0 Å². The Bertz CT molecular complexity index is 291. The van der Waals surface area contributed by atoms with E-state index in [0.717, 1.165) is 6.42 Å². The normalized spacial score (nSPS) is 35.9. The Morgan fingerprint density at radius 1 is 1.36 bits per heavy atom. The number of nitrogens with zero attached hydrogens (tertiary/aromatic N) is 1. The number of halogens is 1. The first kappa shape index (κ1) is 12.5. The molecule has 1 heterocycles. The lowest BCUT2D eigenvalue weighted by molar-refractivity contribution is 0.158. The van der Waals surface area contributed by atoms with Crippen molar-refractivity contribution in [2.24, 2.45) is 11.8 Å². The van der Waals surface area contributed by atoms with E-state index in [9.17, 15) is 8.42 Å². The van der Waals surface area contributed by atoms with Crippen molar-refractivity contribution >= 4 is 26.0 Å². The number of piperidine rings is 1. The van der Waals surface area contributed by atoms with Crippen molar-refractivity contribution in [3.8, 4) is 0 Å².